The van der Waals surface area contributed by atoms with E-state index in [2.05, 4.69) is 15.9 Å². The highest BCUT2D eigenvalue weighted by molar-refractivity contribution is 9.08. The van der Waals surface area contributed by atoms with Gasteiger partial charge in [0, 0.05) is 17.5 Å². The summed E-state index contributed by atoms with van der Waals surface area (Å²) in [5.74, 6) is 0.269. The number of hydrogen-bond acceptors (Lipinski definition) is 3. The van der Waals surface area contributed by atoms with E-state index in [9.17, 15) is 10.1 Å². The number of alkyl halides is 1. The molecule has 0 N–H and O–H groups in total. The zero-order chi connectivity index (χ0) is 15.6. The molecule has 110 valence electrons. The van der Waals surface area contributed by atoms with E-state index in [0.717, 1.165) is 5.56 Å². The third kappa shape index (κ3) is 3.80. The van der Waals surface area contributed by atoms with Crippen molar-refractivity contribution in [2.24, 2.45) is 0 Å². The van der Waals surface area contributed by atoms with Crippen molar-refractivity contribution in [3.8, 4) is 11.5 Å². The largest absolute Gasteiger partial charge is 0.449 e. The number of nitro benzene ring substituents is 1. The molecule has 0 aliphatic rings. The molecule has 0 bridgehead atoms. The van der Waals surface area contributed by atoms with Crippen LogP contribution in [-0.2, 0) is 5.33 Å². The van der Waals surface area contributed by atoms with Crippen molar-refractivity contribution >= 4 is 56.4 Å². The maximum absolute atomic E-state index is 11.1. The van der Waals surface area contributed by atoms with Crippen LogP contribution in [-0.4, -0.2) is 4.92 Å². The first-order valence-corrected chi connectivity index (χ1v) is 7.83. The predicted octanol–water partition coefficient (Wildman–Crippen LogP) is 6.24. The molecule has 0 heterocycles. The van der Waals surface area contributed by atoms with Crippen LogP contribution in [0.4, 0.5) is 5.69 Å². The highest BCUT2D eigenvalue weighted by Gasteiger charge is 2.18. The molecule has 0 aliphatic carbocycles. The van der Waals surface area contributed by atoms with Crippen molar-refractivity contribution in [2.45, 2.75) is 5.33 Å². The molecule has 8 heteroatoms. The second kappa shape index (κ2) is 6.83. The van der Waals surface area contributed by atoms with Crippen molar-refractivity contribution in [1.82, 2.24) is 0 Å². The summed E-state index contributed by atoms with van der Waals surface area (Å²) in [6.45, 7) is 0. The number of nitrogens with zero attached hydrogens (tertiary/aromatic N) is 1. The summed E-state index contributed by atoms with van der Waals surface area (Å²) >= 11 is 21.0. The minimum Gasteiger partial charge on any atom is -0.449 e. The minimum atomic E-state index is -0.521. The fourth-order valence-electron chi connectivity index (χ4n) is 1.58. The van der Waals surface area contributed by atoms with E-state index < -0.39 is 4.92 Å². The van der Waals surface area contributed by atoms with E-state index in [1.165, 1.54) is 24.3 Å². The summed E-state index contributed by atoms with van der Waals surface area (Å²) in [7, 11) is 0. The zero-order valence-electron chi connectivity index (χ0n) is 10.3. The van der Waals surface area contributed by atoms with Gasteiger partial charge in [-0.25, -0.2) is 0 Å². The third-order valence-electron chi connectivity index (χ3n) is 2.57. The van der Waals surface area contributed by atoms with Crippen LogP contribution in [0.25, 0.3) is 0 Å². The second-order valence-corrected chi connectivity index (χ2v) is 5.77. The standard InChI is InChI=1S/C13H7BrCl3NO3/c14-6-7-1-2-12(11(3-7)18(19)20)21-13-5-9(16)8(15)4-10(13)17/h1-5H,6H2. The van der Waals surface area contributed by atoms with Gasteiger partial charge in [0.1, 0.15) is 5.75 Å². The summed E-state index contributed by atoms with van der Waals surface area (Å²) in [6.07, 6.45) is 0. The van der Waals surface area contributed by atoms with E-state index in [-0.39, 0.29) is 32.3 Å². The van der Waals surface area contributed by atoms with Crippen LogP contribution < -0.4 is 4.74 Å². The first kappa shape index (κ1) is 16.4. The maximum atomic E-state index is 11.1. The highest BCUT2D eigenvalue weighted by Crippen LogP contribution is 2.39. The quantitative estimate of drug-likeness (QED) is 0.259. The Hall–Kier alpha value is -1.01. The third-order valence-corrected chi connectivity index (χ3v) is 4.23. The first-order valence-electron chi connectivity index (χ1n) is 5.58. The number of halogens is 4. The summed E-state index contributed by atoms with van der Waals surface area (Å²) < 4.78 is 5.50. The van der Waals surface area contributed by atoms with E-state index in [0.29, 0.717) is 5.33 Å². The number of rotatable bonds is 4. The van der Waals surface area contributed by atoms with Gasteiger partial charge in [0.05, 0.1) is 20.0 Å². The SMILES string of the molecule is O=[N+]([O-])c1cc(CBr)ccc1Oc1cc(Cl)c(Cl)cc1Cl. The Morgan fingerprint density at radius 1 is 1.05 bits per heavy atom. The van der Waals surface area contributed by atoms with E-state index in [1.807, 2.05) is 0 Å². The molecule has 0 unspecified atom stereocenters. The van der Waals surface area contributed by atoms with Gasteiger partial charge in [-0.3, -0.25) is 10.1 Å². The molecular weight excluding hydrogens is 404 g/mol. The normalized spacial score (nSPS) is 10.5. The molecule has 0 spiro atoms. The molecule has 21 heavy (non-hydrogen) atoms. The Morgan fingerprint density at radius 3 is 2.33 bits per heavy atom. The lowest BCUT2D eigenvalue weighted by molar-refractivity contribution is -0.385. The Morgan fingerprint density at radius 2 is 1.71 bits per heavy atom. The van der Waals surface area contributed by atoms with Gasteiger partial charge >= 0.3 is 5.69 Å². The average Bonchev–Trinajstić information content (AvgIpc) is 2.44. The molecule has 2 aromatic rings. The van der Waals surface area contributed by atoms with Crippen LogP contribution in [0, 0.1) is 10.1 Å². The Balaban J connectivity index is 2.44. The zero-order valence-corrected chi connectivity index (χ0v) is 14.1. The Kier molecular flexibility index (Phi) is 5.32. The molecule has 0 saturated heterocycles. The van der Waals surface area contributed by atoms with Gasteiger partial charge in [-0.1, -0.05) is 56.8 Å². The predicted molar refractivity (Wildman–Crippen MR) is 87.3 cm³/mol. The highest BCUT2D eigenvalue weighted by atomic mass is 79.9. The average molecular weight is 411 g/mol. The number of ether oxygens (including phenoxy) is 1. The molecule has 0 aliphatic heterocycles. The lowest BCUT2D eigenvalue weighted by Crippen LogP contribution is -1.95. The second-order valence-electron chi connectivity index (χ2n) is 3.99. The number of nitro groups is 1. The van der Waals surface area contributed by atoms with Crippen LogP contribution in [0.15, 0.2) is 30.3 Å². The van der Waals surface area contributed by atoms with Gasteiger partial charge in [0.2, 0.25) is 5.75 Å². The lowest BCUT2D eigenvalue weighted by Gasteiger charge is -2.10. The Labute approximate surface area is 143 Å². The van der Waals surface area contributed by atoms with Crippen molar-refractivity contribution in [2.75, 3.05) is 0 Å². The number of hydrogen-bond donors (Lipinski definition) is 0. The summed E-state index contributed by atoms with van der Waals surface area (Å²) in [5, 5.41) is 12.4. The molecule has 2 aromatic carbocycles. The summed E-state index contributed by atoms with van der Waals surface area (Å²) in [5.41, 5.74) is 0.600. The first-order chi connectivity index (χ1) is 9.92. The van der Waals surface area contributed by atoms with Crippen molar-refractivity contribution < 1.29 is 9.66 Å². The smallest absolute Gasteiger partial charge is 0.311 e. The fourth-order valence-corrected chi connectivity index (χ4v) is 2.50. The maximum Gasteiger partial charge on any atom is 0.311 e. The monoisotopic (exact) mass is 409 g/mol. The van der Waals surface area contributed by atoms with Gasteiger partial charge in [-0.15, -0.1) is 0 Å². The molecular formula is C13H7BrCl3NO3. The van der Waals surface area contributed by atoms with E-state index >= 15 is 0 Å². The topological polar surface area (TPSA) is 52.4 Å². The number of benzene rings is 2. The van der Waals surface area contributed by atoms with Gasteiger partial charge in [0.25, 0.3) is 0 Å². The van der Waals surface area contributed by atoms with Crippen molar-refractivity contribution in [1.29, 1.82) is 0 Å². The molecule has 0 radical (unpaired) electrons. The Bertz CT molecular complexity index is 709. The fraction of sp³-hybridized carbons (Fsp3) is 0.0769. The van der Waals surface area contributed by atoms with Gasteiger partial charge in [-0.2, -0.15) is 0 Å². The van der Waals surface area contributed by atoms with Crippen molar-refractivity contribution in [3.05, 3.63) is 61.1 Å². The van der Waals surface area contributed by atoms with Crippen LogP contribution >= 0.6 is 50.7 Å². The van der Waals surface area contributed by atoms with E-state index in [4.69, 9.17) is 39.5 Å². The van der Waals surface area contributed by atoms with Gasteiger partial charge < -0.3 is 4.74 Å². The molecule has 0 amide bonds. The molecule has 0 atom stereocenters. The molecule has 2 rings (SSSR count). The van der Waals surface area contributed by atoms with E-state index in [1.54, 1.807) is 6.07 Å². The molecule has 0 fully saturated rings. The lowest BCUT2D eigenvalue weighted by atomic mass is 10.2. The van der Waals surface area contributed by atoms with Crippen LogP contribution in [0.1, 0.15) is 5.56 Å². The molecule has 0 saturated carbocycles. The van der Waals surface area contributed by atoms with Gasteiger partial charge in [0.15, 0.2) is 0 Å². The van der Waals surface area contributed by atoms with Gasteiger partial charge in [-0.05, 0) is 17.7 Å². The minimum absolute atomic E-state index is 0.0741. The molecule has 4 nitrogen and oxygen atoms in total. The summed E-state index contributed by atoms with van der Waals surface area (Å²) in [4.78, 5) is 10.6. The van der Waals surface area contributed by atoms with Crippen molar-refractivity contribution in [3.63, 3.8) is 0 Å². The summed E-state index contributed by atoms with van der Waals surface area (Å²) in [6, 6.07) is 7.47. The molecule has 0 aromatic heterocycles. The van der Waals surface area contributed by atoms with Crippen LogP contribution in [0.3, 0.4) is 0 Å². The van der Waals surface area contributed by atoms with Crippen LogP contribution in [0.2, 0.25) is 15.1 Å². The van der Waals surface area contributed by atoms with Crippen LogP contribution in [0.5, 0.6) is 11.5 Å².